The number of benzene rings is 2. The first kappa shape index (κ1) is 22.0. The van der Waals surface area contributed by atoms with Gasteiger partial charge in [0.25, 0.3) is 5.91 Å². The van der Waals surface area contributed by atoms with Crippen molar-refractivity contribution in [1.82, 2.24) is 14.8 Å². The average Bonchev–Trinajstić information content (AvgIpc) is 3.17. The lowest BCUT2D eigenvalue weighted by atomic mass is 10.0. The van der Waals surface area contributed by atoms with E-state index in [4.69, 9.17) is 9.72 Å². The summed E-state index contributed by atoms with van der Waals surface area (Å²) in [7, 11) is 0. The predicted molar refractivity (Wildman–Crippen MR) is 128 cm³/mol. The van der Waals surface area contributed by atoms with Crippen LogP contribution in [0.5, 0.6) is 5.75 Å². The first-order valence-electron chi connectivity index (χ1n) is 10.6. The number of anilines is 1. The number of hydrogen-bond donors (Lipinski definition) is 1. The normalized spacial score (nSPS) is 10.8. The maximum Gasteiger partial charge on any atom is 0.263 e. The van der Waals surface area contributed by atoms with Gasteiger partial charge in [0.2, 0.25) is 0 Å². The number of hydrogen-bond acceptors (Lipinski definition) is 5. The van der Waals surface area contributed by atoms with E-state index >= 15 is 0 Å². The van der Waals surface area contributed by atoms with Crippen molar-refractivity contribution in [3.63, 3.8) is 0 Å². The second-order valence-electron chi connectivity index (χ2n) is 8.29. The Labute approximate surface area is 192 Å². The molecule has 0 atom stereocenters. The SMILES string of the molecule is Cc1cc(C)c2nc(-n3ncc(C#N)c3NC(=O)COc3ccc(C)c(C)c3)cc(C)c2c1. The van der Waals surface area contributed by atoms with Crippen molar-refractivity contribution < 1.29 is 9.53 Å². The van der Waals surface area contributed by atoms with Crippen LogP contribution in [0.15, 0.2) is 42.6 Å². The number of nitriles is 1. The largest absolute Gasteiger partial charge is 0.484 e. The number of aromatic nitrogens is 3. The Morgan fingerprint density at radius 3 is 2.55 bits per heavy atom. The van der Waals surface area contributed by atoms with Crippen molar-refractivity contribution in [2.75, 3.05) is 11.9 Å². The summed E-state index contributed by atoms with van der Waals surface area (Å²) in [6.45, 7) is 9.89. The number of rotatable bonds is 5. The van der Waals surface area contributed by atoms with E-state index < -0.39 is 5.91 Å². The van der Waals surface area contributed by atoms with Gasteiger partial charge in [-0.25, -0.2) is 4.98 Å². The Balaban J connectivity index is 1.63. The maximum absolute atomic E-state index is 12.7. The minimum atomic E-state index is -0.393. The Kier molecular flexibility index (Phi) is 5.84. The van der Waals surface area contributed by atoms with Crippen molar-refractivity contribution in [2.24, 2.45) is 0 Å². The highest BCUT2D eigenvalue weighted by molar-refractivity contribution is 5.93. The van der Waals surface area contributed by atoms with Crippen LogP contribution in [-0.4, -0.2) is 27.3 Å². The zero-order chi connectivity index (χ0) is 23.7. The molecule has 166 valence electrons. The molecule has 0 aliphatic heterocycles. The van der Waals surface area contributed by atoms with Gasteiger partial charge in [-0.15, -0.1) is 0 Å². The minimum Gasteiger partial charge on any atom is -0.484 e. The molecule has 0 saturated carbocycles. The van der Waals surface area contributed by atoms with Crippen molar-refractivity contribution in [3.8, 4) is 17.6 Å². The third kappa shape index (κ3) is 4.41. The van der Waals surface area contributed by atoms with E-state index in [0.717, 1.165) is 33.2 Å². The molecule has 4 rings (SSSR count). The third-order valence-corrected chi connectivity index (χ3v) is 5.65. The number of nitrogens with one attached hydrogen (secondary N) is 1. The smallest absolute Gasteiger partial charge is 0.263 e. The highest BCUT2D eigenvalue weighted by Gasteiger charge is 2.18. The van der Waals surface area contributed by atoms with Crippen LogP contribution in [0, 0.1) is 45.9 Å². The van der Waals surface area contributed by atoms with Crippen molar-refractivity contribution in [1.29, 1.82) is 5.26 Å². The second-order valence-corrected chi connectivity index (χ2v) is 8.29. The zero-order valence-corrected chi connectivity index (χ0v) is 19.4. The van der Waals surface area contributed by atoms with E-state index in [1.54, 1.807) is 0 Å². The van der Waals surface area contributed by atoms with Gasteiger partial charge in [0, 0.05) is 5.39 Å². The van der Waals surface area contributed by atoms with Crippen LogP contribution in [-0.2, 0) is 4.79 Å². The lowest BCUT2D eigenvalue weighted by Crippen LogP contribution is -2.22. The van der Waals surface area contributed by atoms with Crippen LogP contribution in [0.25, 0.3) is 16.7 Å². The topological polar surface area (TPSA) is 92.8 Å². The van der Waals surface area contributed by atoms with Gasteiger partial charge in [0.1, 0.15) is 17.4 Å². The zero-order valence-electron chi connectivity index (χ0n) is 19.4. The van der Waals surface area contributed by atoms with Crippen LogP contribution >= 0.6 is 0 Å². The fourth-order valence-electron chi connectivity index (χ4n) is 3.78. The summed E-state index contributed by atoms with van der Waals surface area (Å²) in [5.74, 6) is 1.01. The van der Waals surface area contributed by atoms with E-state index in [-0.39, 0.29) is 18.0 Å². The molecule has 0 aliphatic rings. The van der Waals surface area contributed by atoms with E-state index in [9.17, 15) is 10.1 Å². The number of nitrogens with zero attached hydrogens (tertiary/aromatic N) is 4. The van der Waals surface area contributed by atoms with Gasteiger partial charge < -0.3 is 10.1 Å². The lowest BCUT2D eigenvalue weighted by molar-refractivity contribution is -0.118. The fraction of sp³-hybridized carbons (Fsp3) is 0.231. The minimum absolute atomic E-state index is 0.193. The molecule has 7 heteroatoms. The van der Waals surface area contributed by atoms with Crippen molar-refractivity contribution in [3.05, 3.63) is 76.0 Å². The molecule has 0 saturated heterocycles. The predicted octanol–water partition coefficient (Wildman–Crippen LogP) is 4.85. The quantitative estimate of drug-likeness (QED) is 0.480. The van der Waals surface area contributed by atoms with Gasteiger partial charge in [-0.2, -0.15) is 15.0 Å². The molecule has 0 bridgehead atoms. The maximum atomic E-state index is 12.7. The summed E-state index contributed by atoms with van der Waals surface area (Å²) in [5.41, 5.74) is 6.59. The number of carbonyl (C=O) groups excluding carboxylic acids is 1. The van der Waals surface area contributed by atoms with Crippen LogP contribution in [0.3, 0.4) is 0 Å². The van der Waals surface area contributed by atoms with Crippen LogP contribution in [0.1, 0.15) is 33.4 Å². The van der Waals surface area contributed by atoms with Crippen LogP contribution < -0.4 is 10.1 Å². The molecule has 2 heterocycles. The number of pyridine rings is 1. The van der Waals surface area contributed by atoms with Crippen LogP contribution in [0.2, 0.25) is 0 Å². The second kappa shape index (κ2) is 8.75. The molecule has 0 radical (unpaired) electrons. The third-order valence-electron chi connectivity index (χ3n) is 5.65. The Morgan fingerprint density at radius 1 is 1.03 bits per heavy atom. The number of carbonyl (C=O) groups is 1. The van der Waals surface area contributed by atoms with E-state index in [1.165, 1.54) is 16.4 Å². The summed E-state index contributed by atoms with van der Waals surface area (Å²) in [6, 6.07) is 13.8. The summed E-state index contributed by atoms with van der Waals surface area (Å²) in [6.07, 6.45) is 1.42. The highest BCUT2D eigenvalue weighted by Crippen LogP contribution is 2.26. The van der Waals surface area contributed by atoms with Crippen molar-refractivity contribution in [2.45, 2.75) is 34.6 Å². The first-order valence-corrected chi connectivity index (χ1v) is 10.6. The van der Waals surface area contributed by atoms with Crippen LogP contribution in [0.4, 0.5) is 5.82 Å². The molecular formula is C26H25N5O2. The summed E-state index contributed by atoms with van der Waals surface area (Å²) in [5, 5.41) is 17.7. The van der Waals surface area contributed by atoms with E-state index in [2.05, 4.69) is 35.5 Å². The van der Waals surface area contributed by atoms with Gasteiger partial charge in [-0.1, -0.05) is 17.7 Å². The highest BCUT2D eigenvalue weighted by atomic mass is 16.5. The van der Waals surface area contributed by atoms with Gasteiger partial charge in [-0.3, -0.25) is 4.79 Å². The number of ether oxygens (including phenoxy) is 1. The summed E-state index contributed by atoms with van der Waals surface area (Å²) < 4.78 is 7.12. The summed E-state index contributed by atoms with van der Waals surface area (Å²) in [4.78, 5) is 17.4. The molecule has 4 aromatic rings. The van der Waals surface area contributed by atoms with Gasteiger partial charge in [0.15, 0.2) is 18.2 Å². The Hall–Kier alpha value is -4.18. The molecule has 2 aromatic heterocycles. The first-order chi connectivity index (χ1) is 15.8. The Bertz CT molecular complexity index is 1430. The van der Waals surface area contributed by atoms with Gasteiger partial charge >= 0.3 is 0 Å². The monoisotopic (exact) mass is 439 g/mol. The number of aryl methyl sites for hydroxylation is 5. The van der Waals surface area contributed by atoms with Gasteiger partial charge in [0.05, 0.1) is 11.7 Å². The number of amides is 1. The molecule has 1 amide bonds. The molecular weight excluding hydrogens is 414 g/mol. The standard InChI is InChI=1S/C26H25N5O2/c1-15-8-19(5)25-22(9-15)18(4)11-23(29-25)31-26(20(12-27)13-28-31)30-24(32)14-33-21-7-6-16(2)17(3)10-21/h6-11,13H,14H2,1-5H3,(H,30,32). The Morgan fingerprint density at radius 2 is 1.82 bits per heavy atom. The molecule has 0 aliphatic carbocycles. The molecule has 0 unspecified atom stereocenters. The lowest BCUT2D eigenvalue weighted by Gasteiger charge is -2.13. The molecule has 0 spiro atoms. The molecule has 1 N–H and O–H groups in total. The molecule has 7 nitrogen and oxygen atoms in total. The number of fused-ring (bicyclic) bond motifs is 1. The molecule has 0 fully saturated rings. The fourth-order valence-corrected chi connectivity index (χ4v) is 3.78. The summed E-state index contributed by atoms with van der Waals surface area (Å²) >= 11 is 0. The molecule has 2 aromatic carbocycles. The average molecular weight is 440 g/mol. The van der Waals surface area contributed by atoms with E-state index in [0.29, 0.717) is 11.6 Å². The van der Waals surface area contributed by atoms with E-state index in [1.807, 2.05) is 52.0 Å². The van der Waals surface area contributed by atoms with Crippen molar-refractivity contribution >= 4 is 22.6 Å². The molecule has 33 heavy (non-hydrogen) atoms. The van der Waals surface area contributed by atoms with Gasteiger partial charge in [-0.05, 0) is 81.1 Å².